The van der Waals surface area contributed by atoms with Gasteiger partial charge in [0.2, 0.25) is 5.91 Å². The fourth-order valence-corrected chi connectivity index (χ4v) is 8.89. The van der Waals surface area contributed by atoms with Crippen molar-refractivity contribution >= 4 is 23.6 Å². The summed E-state index contributed by atoms with van der Waals surface area (Å²) in [5.41, 5.74) is 2.23. The molecule has 1 amide bonds. The van der Waals surface area contributed by atoms with E-state index in [1.165, 1.54) is 5.57 Å². The average Bonchev–Trinajstić information content (AvgIpc) is 3.37. The SMILES string of the molecule is C1COCCO1.CC12CCC(=O)C=C1CCC1C2CCC2(C)C(OC(=O)CCC(=O)NC(Cc3ccccc3)C(=O)O)CCC12. The lowest BCUT2D eigenvalue weighted by Crippen LogP contribution is -2.51. The smallest absolute Gasteiger partial charge is 0.326 e. The number of fused-ring (bicyclic) bond motifs is 5. The minimum Gasteiger partial charge on any atom is -0.480 e. The number of rotatable bonds is 8. The second kappa shape index (κ2) is 14.6. The van der Waals surface area contributed by atoms with Crippen LogP contribution in [0, 0.1) is 28.6 Å². The van der Waals surface area contributed by atoms with E-state index in [0.717, 1.165) is 76.9 Å². The summed E-state index contributed by atoms with van der Waals surface area (Å²) in [4.78, 5) is 49.1. The average molecular weight is 624 g/mol. The Bertz CT molecular complexity index is 1250. The van der Waals surface area contributed by atoms with Crippen LogP contribution in [-0.4, -0.2) is 67.3 Å². The first kappa shape index (κ1) is 33.3. The Labute approximate surface area is 266 Å². The lowest BCUT2D eigenvalue weighted by Gasteiger charge is -2.57. The van der Waals surface area contributed by atoms with Gasteiger partial charge in [0.15, 0.2) is 5.78 Å². The maximum atomic E-state index is 12.8. The summed E-state index contributed by atoms with van der Waals surface area (Å²) in [6, 6.07) is 8.10. The molecular formula is C36H49NO8. The maximum Gasteiger partial charge on any atom is 0.326 e. The Morgan fingerprint density at radius 3 is 2.31 bits per heavy atom. The number of nitrogens with one attached hydrogen (secondary N) is 1. The zero-order valence-corrected chi connectivity index (χ0v) is 26.8. The van der Waals surface area contributed by atoms with Gasteiger partial charge in [0.25, 0.3) is 0 Å². The molecule has 9 nitrogen and oxygen atoms in total. The van der Waals surface area contributed by atoms with Gasteiger partial charge < -0.3 is 24.6 Å². The Kier molecular flexibility index (Phi) is 10.8. The molecule has 0 aromatic heterocycles. The molecule has 4 fully saturated rings. The Balaban J connectivity index is 0.000000598. The van der Waals surface area contributed by atoms with Gasteiger partial charge >= 0.3 is 11.9 Å². The van der Waals surface area contributed by atoms with Crippen molar-refractivity contribution in [2.24, 2.45) is 28.6 Å². The number of aliphatic carboxylic acids is 1. The molecule has 7 atom stereocenters. The highest BCUT2D eigenvalue weighted by atomic mass is 16.6. The molecule has 3 saturated carbocycles. The summed E-state index contributed by atoms with van der Waals surface area (Å²) < 4.78 is 15.9. The molecule has 45 heavy (non-hydrogen) atoms. The van der Waals surface area contributed by atoms with Crippen LogP contribution in [0.5, 0.6) is 0 Å². The number of amides is 1. The third-order valence-corrected chi connectivity index (χ3v) is 11.4. The van der Waals surface area contributed by atoms with Crippen LogP contribution >= 0.6 is 0 Å². The zero-order chi connectivity index (χ0) is 32.0. The summed E-state index contributed by atoms with van der Waals surface area (Å²) in [6.45, 7) is 7.77. The van der Waals surface area contributed by atoms with Crippen LogP contribution in [0.15, 0.2) is 42.0 Å². The number of carboxylic acids is 1. The predicted molar refractivity (Wildman–Crippen MR) is 167 cm³/mol. The molecule has 0 radical (unpaired) electrons. The van der Waals surface area contributed by atoms with Crippen molar-refractivity contribution < 1.29 is 38.5 Å². The number of hydrogen-bond donors (Lipinski definition) is 2. The van der Waals surface area contributed by atoms with Crippen molar-refractivity contribution in [3.05, 3.63) is 47.5 Å². The van der Waals surface area contributed by atoms with Gasteiger partial charge in [-0.1, -0.05) is 49.8 Å². The molecule has 0 spiro atoms. The zero-order valence-electron chi connectivity index (χ0n) is 26.8. The van der Waals surface area contributed by atoms with Gasteiger partial charge in [-0.2, -0.15) is 0 Å². The summed E-state index contributed by atoms with van der Waals surface area (Å²) in [6.07, 6.45) is 9.51. The van der Waals surface area contributed by atoms with E-state index in [1.54, 1.807) is 0 Å². The predicted octanol–water partition coefficient (Wildman–Crippen LogP) is 5.06. The molecule has 5 aliphatic rings. The number of hydrogen-bond acceptors (Lipinski definition) is 7. The van der Waals surface area contributed by atoms with Crippen LogP contribution in [-0.2, 0) is 39.8 Å². The minimum absolute atomic E-state index is 0.0624. The van der Waals surface area contributed by atoms with E-state index < -0.39 is 17.9 Å². The number of allylic oxidation sites excluding steroid dienone is 1. The Morgan fingerprint density at radius 2 is 1.64 bits per heavy atom. The van der Waals surface area contributed by atoms with Gasteiger partial charge in [-0.3, -0.25) is 14.4 Å². The molecule has 1 aliphatic heterocycles. The molecule has 1 heterocycles. The number of carbonyl (C=O) groups is 4. The van der Waals surface area contributed by atoms with Gasteiger partial charge in [0, 0.05) is 24.7 Å². The minimum atomic E-state index is -1.10. The third-order valence-electron chi connectivity index (χ3n) is 11.4. The van der Waals surface area contributed by atoms with Crippen LogP contribution in [0.25, 0.3) is 0 Å². The van der Waals surface area contributed by atoms with Crippen LogP contribution in [0.4, 0.5) is 0 Å². The van der Waals surface area contributed by atoms with E-state index >= 15 is 0 Å². The molecule has 1 saturated heterocycles. The van der Waals surface area contributed by atoms with E-state index in [4.69, 9.17) is 14.2 Å². The van der Waals surface area contributed by atoms with E-state index in [9.17, 15) is 24.3 Å². The number of carbonyl (C=O) groups excluding carboxylic acids is 3. The molecule has 7 unspecified atom stereocenters. The number of ether oxygens (including phenoxy) is 3. The third kappa shape index (κ3) is 7.68. The number of ketones is 1. The largest absolute Gasteiger partial charge is 0.480 e. The van der Waals surface area contributed by atoms with Crippen molar-refractivity contribution in [2.75, 3.05) is 26.4 Å². The molecule has 4 aliphatic carbocycles. The monoisotopic (exact) mass is 623 g/mol. The highest BCUT2D eigenvalue weighted by Crippen LogP contribution is 2.65. The normalized spacial score (nSPS) is 32.8. The van der Waals surface area contributed by atoms with E-state index in [0.29, 0.717) is 24.2 Å². The van der Waals surface area contributed by atoms with Crippen molar-refractivity contribution in [1.82, 2.24) is 5.32 Å². The lowest BCUT2D eigenvalue weighted by molar-refractivity contribution is -0.160. The number of carboxylic acid groups (broad SMARTS) is 1. The Morgan fingerprint density at radius 1 is 0.933 bits per heavy atom. The maximum absolute atomic E-state index is 12.8. The summed E-state index contributed by atoms with van der Waals surface area (Å²) >= 11 is 0. The number of benzene rings is 1. The summed E-state index contributed by atoms with van der Waals surface area (Å²) in [5, 5.41) is 12.1. The highest BCUT2D eigenvalue weighted by Gasteiger charge is 2.60. The van der Waals surface area contributed by atoms with Gasteiger partial charge in [-0.05, 0) is 79.8 Å². The lowest BCUT2D eigenvalue weighted by atomic mass is 9.47. The van der Waals surface area contributed by atoms with Gasteiger partial charge in [-0.25, -0.2) is 4.79 Å². The van der Waals surface area contributed by atoms with Crippen molar-refractivity contribution in [2.45, 2.75) is 96.6 Å². The second-order valence-electron chi connectivity index (χ2n) is 13.9. The quantitative estimate of drug-likeness (QED) is 0.385. The Hall–Kier alpha value is -3.04. The standard InChI is InChI=1S/C32H41NO6.C4H8O2/c1-31-16-14-22(34)19-21(31)8-9-23-24-10-11-27(32(24,2)17-15-25(23)31)39-29(36)13-12-28(35)33-26(30(37)38)18-20-6-4-3-5-7-20;1-2-6-4-3-5-1/h3-7,19,23-27H,8-18H2,1-2H3,(H,33,35)(H,37,38);1-4H2. The van der Waals surface area contributed by atoms with E-state index in [2.05, 4.69) is 19.2 Å². The molecule has 0 bridgehead atoms. The second-order valence-corrected chi connectivity index (χ2v) is 13.9. The van der Waals surface area contributed by atoms with E-state index in [-0.39, 0.29) is 47.9 Å². The molecule has 2 N–H and O–H groups in total. The van der Waals surface area contributed by atoms with Crippen molar-refractivity contribution in [1.29, 1.82) is 0 Å². The van der Waals surface area contributed by atoms with Crippen LogP contribution < -0.4 is 5.32 Å². The molecule has 1 aromatic carbocycles. The van der Waals surface area contributed by atoms with Crippen molar-refractivity contribution in [3.8, 4) is 0 Å². The number of esters is 1. The first-order valence-corrected chi connectivity index (χ1v) is 16.7. The van der Waals surface area contributed by atoms with E-state index in [1.807, 2.05) is 36.4 Å². The van der Waals surface area contributed by atoms with Crippen LogP contribution in [0.3, 0.4) is 0 Å². The van der Waals surface area contributed by atoms with Crippen LogP contribution in [0.1, 0.15) is 83.6 Å². The fourth-order valence-electron chi connectivity index (χ4n) is 8.89. The first-order chi connectivity index (χ1) is 21.6. The molecule has 6 rings (SSSR count). The molecular weight excluding hydrogens is 574 g/mol. The van der Waals surface area contributed by atoms with Gasteiger partial charge in [0.1, 0.15) is 12.1 Å². The van der Waals surface area contributed by atoms with Gasteiger partial charge in [-0.15, -0.1) is 0 Å². The van der Waals surface area contributed by atoms with Gasteiger partial charge in [0.05, 0.1) is 32.8 Å². The fraction of sp³-hybridized carbons (Fsp3) is 0.667. The summed E-state index contributed by atoms with van der Waals surface area (Å²) in [7, 11) is 0. The van der Waals surface area contributed by atoms with Crippen LogP contribution in [0.2, 0.25) is 0 Å². The summed E-state index contributed by atoms with van der Waals surface area (Å²) in [5.74, 6) is -0.00180. The topological polar surface area (TPSA) is 128 Å². The van der Waals surface area contributed by atoms with Crippen molar-refractivity contribution in [3.63, 3.8) is 0 Å². The molecule has 1 aromatic rings. The highest BCUT2D eigenvalue weighted by molar-refractivity contribution is 5.91. The molecule has 9 heteroatoms. The first-order valence-electron chi connectivity index (χ1n) is 16.7. The molecule has 246 valence electrons.